The van der Waals surface area contributed by atoms with E-state index in [9.17, 15) is 4.79 Å². The summed E-state index contributed by atoms with van der Waals surface area (Å²) < 4.78 is 12.4. The van der Waals surface area contributed by atoms with Crippen molar-refractivity contribution in [3.8, 4) is 0 Å². The van der Waals surface area contributed by atoms with Crippen molar-refractivity contribution in [1.82, 2.24) is 14.4 Å². The quantitative estimate of drug-likeness (QED) is 0.717. The van der Waals surface area contributed by atoms with E-state index in [-0.39, 0.29) is 5.76 Å². The van der Waals surface area contributed by atoms with Crippen LogP contribution in [0.25, 0.3) is 11.1 Å². The summed E-state index contributed by atoms with van der Waals surface area (Å²) in [5.41, 5.74) is 1.53. The molecule has 126 valence electrons. The Balaban J connectivity index is 1.32. The molecule has 0 aliphatic carbocycles. The molecule has 6 nitrogen and oxygen atoms in total. The number of hydrogen-bond donors (Lipinski definition) is 0. The van der Waals surface area contributed by atoms with Crippen molar-refractivity contribution in [2.24, 2.45) is 0 Å². The van der Waals surface area contributed by atoms with Gasteiger partial charge in [-0.3, -0.25) is 14.4 Å². The number of para-hydroxylation sites is 2. The van der Waals surface area contributed by atoms with E-state index in [0.717, 1.165) is 50.5 Å². The molecule has 1 aromatic carbocycles. The zero-order valence-corrected chi connectivity index (χ0v) is 13.6. The Morgan fingerprint density at radius 3 is 2.50 bits per heavy atom. The molecule has 1 saturated heterocycles. The largest absolute Gasteiger partial charge is 0.468 e. The highest BCUT2D eigenvalue weighted by molar-refractivity contribution is 5.72. The van der Waals surface area contributed by atoms with Crippen LogP contribution in [0.5, 0.6) is 0 Å². The lowest BCUT2D eigenvalue weighted by Crippen LogP contribution is -2.46. The lowest BCUT2D eigenvalue weighted by atomic mass is 10.3. The first-order chi connectivity index (χ1) is 11.8. The van der Waals surface area contributed by atoms with Gasteiger partial charge in [-0.15, -0.1) is 0 Å². The maximum atomic E-state index is 12.0. The van der Waals surface area contributed by atoms with Gasteiger partial charge in [0.1, 0.15) is 5.76 Å². The minimum atomic E-state index is -0.271. The normalized spacial score (nSPS) is 16.8. The molecular formula is C18H21N3O3. The van der Waals surface area contributed by atoms with Crippen molar-refractivity contribution in [3.63, 3.8) is 0 Å². The number of hydrogen-bond acceptors (Lipinski definition) is 5. The van der Waals surface area contributed by atoms with E-state index in [4.69, 9.17) is 8.83 Å². The second-order valence-electron chi connectivity index (χ2n) is 6.18. The van der Waals surface area contributed by atoms with Gasteiger partial charge in [-0.2, -0.15) is 0 Å². The number of nitrogens with zero attached hydrogens (tertiary/aromatic N) is 3. The Kier molecular flexibility index (Phi) is 4.23. The monoisotopic (exact) mass is 327 g/mol. The van der Waals surface area contributed by atoms with E-state index < -0.39 is 0 Å². The number of rotatable bonds is 5. The lowest BCUT2D eigenvalue weighted by Gasteiger charge is -2.34. The van der Waals surface area contributed by atoms with E-state index >= 15 is 0 Å². The maximum absolute atomic E-state index is 12.0. The van der Waals surface area contributed by atoms with Crippen LogP contribution in [0.2, 0.25) is 0 Å². The number of fused-ring (bicyclic) bond motifs is 1. The summed E-state index contributed by atoms with van der Waals surface area (Å²) in [6.45, 7) is 6.43. The van der Waals surface area contributed by atoms with E-state index in [1.165, 1.54) is 0 Å². The molecule has 0 radical (unpaired) electrons. The second-order valence-corrected chi connectivity index (χ2v) is 6.18. The Hall–Kier alpha value is -2.31. The fraction of sp³-hybridized carbons (Fsp3) is 0.389. The summed E-state index contributed by atoms with van der Waals surface area (Å²) in [4.78, 5) is 16.8. The van der Waals surface area contributed by atoms with Gasteiger partial charge in [0.2, 0.25) is 0 Å². The summed E-state index contributed by atoms with van der Waals surface area (Å²) in [6, 6.07) is 11.5. The fourth-order valence-electron chi connectivity index (χ4n) is 3.26. The summed E-state index contributed by atoms with van der Waals surface area (Å²) in [7, 11) is 0. The highest BCUT2D eigenvalue weighted by Gasteiger charge is 2.18. The number of benzene rings is 1. The number of furan rings is 1. The zero-order valence-electron chi connectivity index (χ0n) is 13.6. The number of piperazine rings is 1. The van der Waals surface area contributed by atoms with Gasteiger partial charge < -0.3 is 8.83 Å². The Morgan fingerprint density at radius 2 is 1.71 bits per heavy atom. The van der Waals surface area contributed by atoms with Gasteiger partial charge in [0.25, 0.3) is 0 Å². The summed E-state index contributed by atoms with van der Waals surface area (Å²) in [5, 5.41) is 0. The third-order valence-electron chi connectivity index (χ3n) is 4.64. The van der Waals surface area contributed by atoms with Gasteiger partial charge >= 0.3 is 5.76 Å². The van der Waals surface area contributed by atoms with E-state index in [1.807, 2.05) is 36.4 Å². The smallest absolute Gasteiger partial charge is 0.419 e. The van der Waals surface area contributed by atoms with Gasteiger partial charge in [-0.25, -0.2) is 4.79 Å². The van der Waals surface area contributed by atoms with Crippen LogP contribution < -0.4 is 5.76 Å². The molecule has 0 amide bonds. The third-order valence-corrected chi connectivity index (χ3v) is 4.64. The van der Waals surface area contributed by atoms with Gasteiger partial charge in [0, 0.05) is 39.3 Å². The molecule has 6 heteroatoms. The van der Waals surface area contributed by atoms with E-state index in [1.54, 1.807) is 10.8 Å². The first-order valence-electron chi connectivity index (χ1n) is 8.35. The van der Waals surface area contributed by atoms with Crippen molar-refractivity contribution >= 4 is 11.1 Å². The first kappa shape index (κ1) is 15.2. The van der Waals surface area contributed by atoms with Crippen molar-refractivity contribution in [1.29, 1.82) is 0 Å². The van der Waals surface area contributed by atoms with Crippen LogP contribution in [0.3, 0.4) is 0 Å². The third kappa shape index (κ3) is 3.16. The standard InChI is InChI=1S/C18H21N3O3/c22-18-21(16-5-1-2-6-17(16)24-18)12-11-19-7-9-20(10-8-19)14-15-4-3-13-23-15/h1-6,13H,7-12,14H2. The van der Waals surface area contributed by atoms with Gasteiger partial charge in [0.15, 0.2) is 5.58 Å². The van der Waals surface area contributed by atoms with E-state index in [2.05, 4.69) is 9.80 Å². The van der Waals surface area contributed by atoms with Crippen molar-refractivity contribution in [2.75, 3.05) is 32.7 Å². The highest BCUT2D eigenvalue weighted by Crippen LogP contribution is 2.12. The van der Waals surface area contributed by atoms with Crippen LogP contribution in [0.1, 0.15) is 5.76 Å². The van der Waals surface area contributed by atoms with Gasteiger partial charge in [-0.05, 0) is 24.3 Å². The maximum Gasteiger partial charge on any atom is 0.419 e. The van der Waals surface area contributed by atoms with Crippen LogP contribution in [0, 0.1) is 0 Å². The average Bonchev–Trinajstić information content (AvgIpc) is 3.21. The molecule has 0 N–H and O–H groups in total. The molecular weight excluding hydrogens is 306 g/mol. The molecule has 0 spiro atoms. The topological polar surface area (TPSA) is 54.8 Å². The Bertz CT molecular complexity index is 842. The van der Waals surface area contributed by atoms with Gasteiger partial charge in [-0.1, -0.05) is 12.1 Å². The molecule has 0 saturated carbocycles. The molecule has 0 bridgehead atoms. The predicted molar refractivity (Wildman–Crippen MR) is 90.9 cm³/mol. The number of oxazole rings is 1. The molecule has 2 aromatic heterocycles. The second kappa shape index (κ2) is 6.67. The summed E-state index contributed by atoms with van der Waals surface area (Å²) in [6.07, 6.45) is 1.72. The first-order valence-corrected chi connectivity index (χ1v) is 8.35. The molecule has 3 aromatic rings. The van der Waals surface area contributed by atoms with Crippen molar-refractivity contribution in [2.45, 2.75) is 13.1 Å². The van der Waals surface area contributed by atoms with Crippen LogP contribution in [0.15, 0.2) is 56.3 Å². The Morgan fingerprint density at radius 1 is 0.917 bits per heavy atom. The van der Waals surface area contributed by atoms with Gasteiger partial charge in [0.05, 0.1) is 18.3 Å². The van der Waals surface area contributed by atoms with Crippen LogP contribution in [0.4, 0.5) is 0 Å². The molecule has 24 heavy (non-hydrogen) atoms. The predicted octanol–water partition coefficient (Wildman–Crippen LogP) is 2.01. The fourth-order valence-corrected chi connectivity index (χ4v) is 3.26. The van der Waals surface area contributed by atoms with Crippen LogP contribution in [-0.2, 0) is 13.1 Å². The van der Waals surface area contributed by atoms with Crippen LogP contribution in [-0.4, -0.2) is 47.1 Å². The van der Waals surface area contributed by atoms with E-state index in [0.29, 0.717) is 12.1 Å². The average molecular weight is 327 g/mol. The Labute approximate surface area is 139 Å². The molecule has 1 fully saturated rings. The minimum absolute atomic E-state index is 0.271. The molecule has 1 aliphatic heterocycles. The summed E-state index contributed by atoms with van der Waals surface area (Å²) in [5.74, 6) is 0.743. The lowest BCUT2D eigenvalue weighted by molar-refractivity contribution is 0.118. The molecule has 0 atom stereocenters. The molecule has 3 heterocycles. The summed E-state index contributed by atoms with van der Waals surface area (Å²) >= 11 is 0. The van der Waals surface area contributed by atoms with Crippen molar-refractivity contribution in [3.05, 3.63) is 59.0 Å². The SMILES string of the molecule is O=c1oc2ccccc2n1CCN1CCN(Cc2ccco2)CC1. The molecule has 4 rings (SSSR count). The molecule has 0 unspecified atom stereocenters. The molecule has 1 aliphatic rings. The zero-order chi connectivity index (χ0) is 16.4. The number of aromatic nitrogens is 1. The minimum Gasteiger partial charge on any atom is -0.468 e. The van der Waals surface area contributed by atoms with Crippen molar-refractivity contribution < 1.29 is 8.83 Å². The van der Waals surface area contributed by atoms with Crippen LogP contribution >= 0.6 is 0 Å². The highest BCUT2D eigenvalue weighted by atomic mass is 16.4.